The van der Waals surface area contributed by atoms with Gasteiger partial charge < -0.3 is 4.74 Å². The van der Waals surface area contributed by atoms with Gasteiger partial charge in [0.25, 0.3) is 0 Å². The zero-order chi connectivity index (χ0) is 17.9. The lowest BCUT2D eigenvalue weighted by Crippen LogP contribution is -2.41. The second-order valence-corrected chi connectivity index (χ2v) is 8.31. The van der Waals surface area contributed by atoms with Crippen molar-refractivity contribution in [3.05, 3.63) is 0 Å². The quantitative estimate of drug-likeness (QED) is 0.345. The molecule has 0 aromatic carbocycles. The highest BCUT2D eigenvalue weighted by Crippen LogP contribution is 2.70. The molecule has 0 heterocycles. The summed E-state index contributed by atoms with van der Waals surface area (Å²) in [6, 6.07) is 0. The molecule has 2 heteroatoms. The van der Waals surface area contributed by atoms with Gasteiger partial charge in [0.1, 0.15) is 0 Å². The summed E-state index contributed by atoms with van der Waals surface area (Å²) in [5.41, 5.74) is 0. The van der Waals surface area contributed by atoms with E-state index in [0.29, 0.717) is 6.10 Å². The van der Waals surface area contributed by atoms with E-state index in [2.05, 4.69) is 33.4 Å². The minimum Gasteiger partial charge on any atom is -0.378 e. The van der Waals surface area contributed by atoms with Gasteiger partial charge in [-0.15, -0.1) is 0 Å². The van der Waals surface area contributed by atoms with Crippen molar-refractivity contribution in [2.24, 2.45) is 47.3 Å². The molecule has 24 heavy (non-hydrogen) atoms. The number of ether oxygens (including phenoxy) is 1. The fourth-order valence-electron chi connectivity index (χ4n) is 7.23. The van der Waals surface area contributed by atoms with Gasteiger partial charge in [0.15, 0.2) is 0 Å². The molecule has 0 spiro atoms. The highest BCUT2D eigenvalue weighted by molar-refractivity contribution is 7.79. The van der Waals surface area contributed by atoms with Gasteiger partial charge in [-0.25, -0.2) is 0 Å². The third-order valence-electron chi connectivity index (χ3n) is 7.81. The zero-order valence-electron chi connectivity index (χ0n) is 17.0. The molecular weight excluding hydrogens is 312 g/mol. The maximum atomic E-state index is 6.28. The highest BCUT2D eigenvalue weighted by atomic mass is 32.1. The van der Waals surface area contributed by atoms with Crippen molar-refractivity contribution in [3.8, 4) is 0 Å². The molecule has 142 valence electrons. The molecule has 0 aromatic heterocycles. The van der Waals surface area contributed by atoms with E-state index < -0.39 is 0 Å². The van der Waals surface area contributed by atoms with Gasteiger partial charge in [-0.2, -0.15) is 12.6 Å². The van der Waals surface area contributed by atoms with Crippen molar-refractivity contribution in [3.63, 3.8) is 0 Å². The van der Waals surface area contributed by atoms with E-state index in [1.54, 1.807) is 12.7 Å². The van der Waals surface area contributed by atoms with E-state index in [9.17, 15) is 0 Å². The van der Waals surface area contributed by atoms with Gasteiger partial charge in [-0.3, -0.25) is 0 Å². The average molecular weight is 355 g/mol. The number of hydrogen-bond donors (Lipinski definition) is 1. The van der Waals surface area contributed by atoms with E-state index in [0.717, 1.165) is 54.0 Å². The predicted octanol–water partition coefficient (Wildman–Crippen LogP) is 6.33. The fourth-order valence-corrected chi connectivity index (χ4v) is 7.23. The second-order valence-electron chi connectivity index (χ2n) is 8.31. The average Bonchev–Trinajstić information content (AvgIpc) is 3.36. The van der Waals surface area contributed by atoms with Gasteiger partial charge in [0.05, 0.1) is 6.10 Å². The molecule has 0 aromatic rings. The van der Waals surface area contributed by atoms with E-state index in [-0.39, 0.29) is 0 Å². The third kappa shape index (κ3) is 3.31. The molecule has 1 nitrogen and oxygen atoms in total. The van der Waals surface area contributed by atoms with Crippen molar-refractivity contribution < 1.29 is 4.74 Å². The predicted molar refractivity (Wildman–Crippen MR) is 109 cm³/mol. The highest BCUT2D eigenvalue weighted by Gasteiger charge is 2.66. The van der Waals surface area contributed by atoms with Crippen LogP contribution >= 0.6 is 12.6 Å². The van der Waals surface area contributed by atoms with E-state index in [1.807, 2.05) is 13.8 Å². The Morgan fingerprint density at radius 3 is 2.25 bits per heavy atom. The van der Waals surface area contributed by atoms with Crippen LogP contribution in [-0.2, 0) is 4.74 Å². The molecule has 4 aliphatic carbocycles. The Morgan fingerprint density at radius 2 is 1.62 bits per heavy atom. The van der Waals surface area contributed by atoms with Crippen LogP contribution in [-0.4, -0.2) is 19.0 Å². The minimum absolute atomic E-state index is 0.638. The first-order valence-electron chi connectivity index (χ1n) is 10.8. The minimum atomic E-state index is 0.638. The Balaban J connectivity index is 0.000000487. The summed E-state index contributed by atoms with van der Waals surface area (Å²) in [6.45, 7) is 12.3. The lowest BCUT2D eigenvalue weighted by molar-refractivity contribution is -0.0457. The van der Waals surface area contributed by atoms with Crippen LogP contribution in [0.25, 0.3) is 0 Å². The standard InChI is InChI=1S/C19H32O.C2H6.CH4S/c1-4-6-7-20-17-9-12-8-16(17)19-14-10-15(18(12)19)13(5-2)11(14)3;2*1-2/h11-19H,4-10H2,1-3H3;1-2H3;2H,1H3. The van der Waals surface area contributed by atoms with Crippen LogP contribution in [0.2, 0.25) is 0 Å². The molecule has 0 saturated heterocycles. The summed E-state index contributed by atoms with van der Waals surface area (Å²) in [4.78, 5) is 0. The van der Waals surface area contributed by atoms with Crippen LogP contribution in [0.4, 0.5) is 0 Å². The molecule has 0 aliphatic heterocycles. The first-order chi connectivity index (χ1) is 11.8. The molecule has 4 bridgehead atoms. The molecule has 0 amide bonds. The molecule has 0 radical (unpaired) electrons. The maximum Gasteiger partial charge on any atom is 0.0609 e. The molecule has 4 fully saturated rings. The molecule has 4 aliphatic rings. The van der Waals surface area contributed by atoms with Crippen molar-refractivity contribution in [2.75, 3.05) is 12.9 Å². The van der Waals surface area contributed by atoms with Crippen molar-refractivity contribution in [1.29, 1.82) is 0 Å². The lowest BCUT2D eigenvalue weighted by atomic mass is 9.63. The van der Waals surface area contributed by atoms with Crippen LogP contribution in [0.15, 0.2) is 0 Å². The van der Waals surface area contributed by atoms with Crippen LogP contribution in [0.1, 0.15) is 73.1 Å². The van der Waals surface area contributed by atoms with Crippen molar-refractivity contribution >= 4 is 12.6 Å². The van der Waals surface area contributed by atoms with Gasteiger partial charge in [0.2, 0.25) is 0 Å². The topological polar surface area (TPSA) is 9.23 Å². The summed E-state index contributed by atoms with van der Waals surface area (Å²) in [7, 11) is 0. The molecule has 0 N–H and O–H groups in total. The molecule has 4 saturated carbocycles. The van der Waals surface area contributed by atoms with Gasteiger partial charge >= 0.3 is 0 Å². The van der Waals surface area contributed by atoms with Crippen LogP contribution in [0.3, 0.4) is 0 Å². The Morgan fingerprint density at radius 1 is 0.917 bits per heavy atom. The van der Waals surface area contributed by atoms with Crippen molar-refractivity contribution in [1.82, 2.24) is 0 Å². The zero-order valence-corrected chi connectivity index (χ0v) is 17.9. The monoisotopic (exact) mass is 354 g/mol. The molecule has 9 atom stereocenters. The largest absolute Gasteiger partial charge is 0.378 e. The maximum absolute atomic E-state index is 6.28. The van der Waals surface area contributed by atoms with E-state index in [1.165, 1.54) is 32.1 Å². The van der Waals surface area contributed by atoms with Gasteiger partial charge in [-0.1, -0.05) is 47.5 Å². The number of rotatable bonds is 5. The second kappa shape index (κ2) is 9.31. The normalized spacial score (nSPS) is 46.9. The Labute approximate surface area is 157 Å². The fraction of sp³-hybridized carbons (Fsp3) is 1.00. The molecule has 9 unspecified atom stereocenters. The summed E-state index contributed by atoms with van der Waals surface area (Å²) < 4.78 is 6.28. The number of hydrogen-bond acceptors (Lipinski definition) is 2. The number of thiol groups is 1. The smallest absolute Gasteiger partial charge is 0.0609 e. The molecular formula is C22H42OS. The van der Waals surface area contributed by atoms with E-state index >= 15 is 0 Å². The van der Waals surface area contributed by atoms with Gasteiger partial charge in [-0.05, 0) is 79.3 Å². The summed E-state index contributed by atoms with van der Waals surface area (Å²) in [5, 5.41) is 0. The Bertz CT molecular complexity index is 371. The van der Waals surface area contributed by atoms with Crippen LogP contribution in [0, 0.1) is 47.3 Å². The lowest BCUT2D eigenvalue weighted by Gasteiger charge is -2.44. The van der Waals surface area contributed by atoms with Crippen molar-refractivity contribution in [2.45, 2.75) is 79.2 Å². The first-order valence-corrected chi connectivity index (χ1v) is 11.7. The van der Waals surface area contributed by atoms with Gasteiger partial charge in [0, 0.05) is 6.61 Å². The summed E-state index contributed by atoms with van der Waals surface area (Å²) in [6.07, 6.45) is 10.8. The Hall–Kier alpha value is 0.310. The third-order valence-corrected chi connectivity index (χ3v) is 7.81. The van der Waals surface area contributed by atoms with E-state index in [4.69, 9.17) is 4.74 Å². The first kappa shape index (κ1) is 20.6. The summed E-state index contributed by atoms with van der Waals surface area (Å²) in [5.74, 6) is 8.35. The SMILES string of the molecule is CC.CCCCOC1CC2CC1C1C3CC(C(CC)C3C)C21.CS. The van der Waals surface area contributed by atoms with Crippen LogP contribution < -0.4 is 0 Å². The van der Waals surface area contributed by atoms with Crippen LogP contribution in [0.5, 0.6) is 0 Å². The Kier molecular flexibility index (Phi) is 8.00. The number of fused-ring (bicyclic) bond motifs is 9. The molecule has 4 rings (SSSR count). The number of unbranched alkanes of at least 4 members (excludes halogenated alkanes) is 1. The summed E-state index contributed by atoms with van der Waals surface area (Å²) >= 11 is 3.53.